The number of aromatic nitrogens is 3. The number of hydrogen-bond acceptors (Lipinski definition) is 25. The molecule has 3 heterocycles. The average molecular weight is 1680 g/mol. The van der Waals surface area contributed by atoms with E-state index in [9.17, 15) is 72.5 Å². The monoisotopic (exact) mass is 1680 g/mol. The normalized spacial score (nSPS) is 20.6. The number of benzene rings is 3. The van der Waals surface area contributed by atoms with Gasteiger partial charge in [0, 0.05) is 59.7 Å². The van der Waals surface area contributed by atoms with E-state index in [1.807, 2.05) is 42.5 Å². The summed E-state index contributed by atoms with van der Waals surface area (Å²) >= 11 is 1.36. The van der Waals surface area contributed by atoms with Crippen LogP contribution in [0.25, 0.3) is 23.1 Å². The van der Waals surface area contributed by atoms with Crippen molar-refractivity contribution in [3.63, 3.8) is 0 Å². The number of aliphatic hydroxyl groups excluding tert-OH is 2. The lowest BCUT2D eigenvalue weighted by atomic mass is 9.84. The minimum Gasteiger partial charge on any atom is -0.391 e. The number of fused-ring (bicyclic) bond motifs is 1. The maximum atomic E-state index is 14.8. The molecule has 7 rings (SSSR count). The van der Waals surface area contributed by atoms with E-state index in [1.54, 1.807) is 99.7 Å². The van der Waals surface area contributed by atoms with Gasteiger partial charge in [-0.25, -0.2) is 4.79 Å². The molecule has 13 amide bonds. The molecule has 36 nitrogen and oxygen atoms in total. The van der Waals surface area contributed by atoms with Gasteiger partial charge in [-0.3, -0.25) is 62.5 Å². The van der Waals surface area contributed by atoms with E-state index in [0.717, 1.165) is 11.3 Å². The van der Waals surface area contributed by atoms with E-state index in [0.29, 0.717) is 51.2 Å². The standard InChI is InChI=1S/C78H111N21O15S3/c1-44(2)39-59-73(110)90-54(25-33-80)67(104)89-57(28-36-83)72(109)95-64(45(3)100)75(112)86-38-29-58(70(107)88-55(26-34-81)69(106)94-60(74(111)93-59)40-47-15-8-7-9-16-47)91-68(105)56(27-35-82)92-76(113)65(46(4)101)96-71(108)53(24-32-79)87-63(102)42-115-117-78(30-14-31-78)43-98(6)77(114)99-61-41-49(116-62-19-11-10-18-51(62)66(103)84-5)21-22-50(61)52(97-99)23-20-48-17-12-13-37-85-48/h7-13,15-23,37,41,44-46,53-60,64-65,100-101H,14,24-36,38-40,42-43,79-83H2,1-6H3,(H,84,103)(H,86,112)(H,87,102)(H,88,107)(H,89,104)(H,90,110)(H,91,105)(H,92,113)(H,93,111)(H,94,106)(H,95,109)(H,96,108)/b23-20+/t45-,46-,53+,54+,55+,56+,57+,58+,59+,60-,64+,65+/m1/s1. The van der Waals surface area contributed by atoms with Crippen molar-refractivity contribution in [3.05, 3.63) is 120 Å². The van der Waals surface area contributed by atoms with Gasteiger partial charge in [-0.05, 0) is 170 Å². The molecule has 5 aromatic rings. The molecule has 1 aliphatic heterocycles. The summed E-state index contributed by atoms with van der Waals surface area (Å²) in [6.45, 7) is 4.76. The van der Waals surface area contributed by atoms with Gasteiger partial charge in [0.2, 0.25) is 65.0 Å². The van der Waals surface area contributed by atoms with Crippen LogP contribution in [0.3, 0.4) is 0 Å². The van der Waals surface area contributed by atoms with E-state index in [1.165, 1.54) is 51.9 Å². The predicted octanol–water partition coefficient (Wildman–Crippen LogP) is -1.52. The fraction of sp³-hybridized carbons (Fsp3) is 0.500. The van der Waals surface area contributed by atoms with E-state index < -0.39 is 161 Å². The average Bonchev–Trinajstić information content (AvgIpc) is 0.975. The van der Waals surface area contributed by atoms with Crippen molar-refractivity contribution in [2.45, 2.75) is 185 Å². The minimum absolute atomic E-state index is 0.0232. The number of hydrogen-bond donors (Lipinski definition) is 19. The summed E-state index contributed by atoms with van der Waals surface area (Å²) in [7, 11) is 5.86. The minimum atomic E-state index is -1.81. The molecule has 1 saturated carbocycles. The molecule has 1 saturated heterocycles. The van der Waals surface area contributed by atoms with E-state index >= 15 is 0 Å². The molecule has 39 heteroatoms. The SMILES string of the molecule is CNC(=O)c1ccccc1Sc1ccc2c(/C=C/c3ccccn3)nn(C(=O)N(C)CC3(SSCC(=O)N[C@@H](CCN)C(=O)N[C@H](C(=O)N[C@@H](CCN)C(=O)N[C@H]4CCNC(=O)[C@H]([C@@H](C)O)NC(=O)[C@H](CCN)NC(=O)[C@H](CCN)NC(=O)[C@H](CC(C)C)NC(=O)[C@@H](Cc5ccccc5)NC(=O)[C@H](CCN)NC4=O)[C@@H](C)O)CCC3)c2c1. The van der Waals surface area contributed by atoms with Gasteiger partial charge < -0.3 is 108 Å². The molecule has 12 atom stereocenters. The zero-order valence-electron chi connectivity index (χ0n) is 66.4. The Hall–Kier alpha value is -10.1. The number of rotatable bonds is 34. The molecule has 117 heavy (non-hydrogen) atoms. The number of carbonyl (C=O) groups is 13. The number of nitrogens with one attached hydrogen (secondary N) is 12. The predicted molar refractivity (Wildman–Crippen MR) is 445 cm³/mol. The summed E-state index contributed by atoms with van der Waals surface area (Å²) in [4.78, 5) is 192. The Morgan fingerprint density at radius 1 is 0.650 bits per heavy atom. The number of nitrogens with zero attached hydrogens (tertiary/aromatic N) is 4. The Bertz CT molecular complexity index is 4270. The third-order valence-electron chi connectivity index (χ3n) is 19.3. The van der Waals surface area contributed by atoms with Crippen molar-refractivity contribution >= 4 is 133 Å². The molecule has 2 aromatic heterocycles. The van der Waals surface area contributed by atoms with Crippen molar-refractivity contribution in [3.8, 4) is 0 Å². The van der Waals surface area contributed by atoms with Gasteiger partial charge in [0.25, 0.3) is 5.91 Å². The maximum Gasteiger partial charge on any atom is 0.345 e. The number of aliphatic hydroxyl groups is 2. The quantitative estimate of drug-likeness (QED) is 0.0208. The van der Waals surface area contributed by atoms with Gasteiger partial charge in [0.1, 0.15) is 60.4 Å². The highest BCUT2D eigenvalue weighted by Gasteiger charge is 2.42. The second kappa shape index (κ2) is 46.7. The highest BCUT2D eigenvalue weighted by atomic mass is 33.1. The zero-order chi connectivity index (χ0) is 85.5. The first-order valence-electron chi connectivity index (χ1n) is 38.8. The molecular formula is C78H111N21O15S3. The van der Waals surface area contributed by atoms with Crippen molar-refractivity contribution in [1.82, 2.24) is 83.5 Å². The van der Waals surface area contributed by atoms with E-state index in [-0.39, 0.29) is 102 Å². The lowest BCUT2D eigenvalue weighted by Gasteiger charge is -2.43. The van der Waals surface area contributed by atoms with Gasteiger partial charge in [0.15, 0.2) is 0 Å². The first-order valence-corrected chi connectivity index (χ1v) is 42.0. The topological polar surface area (TPSA) is 571 Å². The Morgan fingerprint density at radius 3 is 1.81 bits per heavy atom. The van der Waals surface area contributed by atoms with Crippen LogP contribution in [0.1, 0.15) is 119 Å². The van der Waals surface area contributed by atoms with Crippen LogP contribution in [0.5, 0.6) is 0 Å². The molecule has 0 unspecified atom stereocenters. The zero-order valence-corrected chi connectivity index (χ0v) is 68.9. The van der Waals surface area contributed by atoms with Crippen molar-refractivity contribution in [2.75, 3.05) is 65.7 Å². The highest BCUT2D eigenvalue weighted by molar-refractivity contribution is 8.77. The van der Waals surface area contributed by atoms with Crippen molar-refractivity contribution < 1.29 is 72.5 Å². The molecule has 0 spiro atoms. The summed E-state index contributed by atoms with van der Waals surface area (Å²) in [5, 5.41) is 58.5. The molecule has 0 bridgehead atoms. The van der Waals surface area contributed by atoms with Gasteiger partial charge in [-0.1, -0.05) is 102 Å². The molecule has 3 aromatic carbocycles. The number of nitrogens with two attached hydrogens (primary N) is 5. The van der Waals surface area contributed by atoms with Crippen molar-refractivity contribution in [2.24, 2.45) is 34.6 Å². The number of amides is 13. The van der Waals surface area contributed by atoms with E-state index in [2.05, 4.69) is 68.8 Å². The molecule has 24 N–H and O–H groups in total. The summed E-state index contributed by atoms with van der Waals surface area (Å²) in [6.07, 6.45) is 2.54. The van der Waals surface area contributed by atoms with Crippen LogP contribution < -0.4 is 92.5 Å². The van der Waals surface area contributed by atoms with Gasteiger partial charge >= 0.3 is 6.03 Å². The van der Waals surface area contributed by atoms with Crippen LogP contribution in [0.4, 0.5) is 4.79 Å². The Morgan fingerprint density at radius 2 is 1.23 bits per heavy atom. The molecular weight excluding hydrogens is 1570 g/mol. The van der Waals surface area contributed by atoms with Crippen LogP contribution in [-0.4, -0.2) is 250 Å². The van der Waals surface area contributed by atoms with Gasteiger partial charge in [-0.15, -0.1) is 0 Å². The molecule has 0 radical (unpaired) electrons. The second-order valence-electron chi connectivity index (χ2n) is 29.0. The molecule has 2 fully saturated rings. The summed E-state index contributed by atoms with van der Waals surface area (Å²) < 4.78 is 0.857. The van der Waals surface area contributed by atoms with Gasteiger partial charge in [-0.2, -0.15) is 9.78 Å². The van der Waals surface area contributed by atoms with Crippen LogP contribution in [0.15, 0.2) is 107 Å². The summed E-state index contributed by atoms with van der Waals surface area (Å²) in [6, 6.07) is 11.0. The Kier molecular flexibility index (Phi) is 37.6. The third-order valence-corrected chi connectivity index (χ3v) is 23.5. The third kappa shape index (κ3) is 28.0. The first kappa shape index (κ1) is 94.1. The van der Waals surface area contributed by atoms with Gasteiger partial charge in [0.05, 0.1) is 40.4 Å². The Balaban J connectivity index is 1.06. The second-order valence-corrected chi connectivity index (χ2v) is 32.9. The lowest BCUT2D eigenvalue weighted by Crippen LogP contribution is -2.62. The fourth-order valence-electron chi connectivity index (χ4n) is 12.9. The van der Waals surface area contributed by atoms with Crippen LogP contribution in [-0.2, 0) is 59.2 Å². The van der Waals surface area contributed by atoms with Crippen LogP contribution in [0.2, 0.25) is 0 Å². The molecule has 1 aliphatic carbocycles. The van der Waals surface area contributed by atoms with Crippen LogP contribution in [0, 0.1) is 5.92 Å². The largest absolute Gasteiger partial charge is 0.391 e. The lowest BCUT2D eigenvalue weighted by molar-refractivity contribution is -0.137. The number of carbonyl (C=O) groups excluding carboxylic acids is 13. The van der Waals surface area contributed by atoms with Crippen molar-refractivity contribution in [1.29, 1.82) is 0 Å². The summed E-state index contributed by atoms with van der Waals surface area (Å²) in [5.41, 5.74) is 32.5. The number of pyridine rings is 1. The maximum absolute atomic E-state index is 14.8. The first-order chi connectivity index (χ1) is 55.9. The Labute approximate surface area is 691 Å². The fourth-order valence-corrected chi connectivity index (χ4v) is 17.0. The highest BCUT2D eigenvalue weighted by Crippen LogP contribution is 2.50. The van der Waals surface area contributed by atoms with E-state index in [4.69, 9.17) is 33.8 Å². The molecule has 636 valence electrons. The molecule has 2 aliphatic rings. The van der Waals surface area contributed by atoms with Crippen LogP contribution >= 0.6 is 33.3 Å². The smallest absolute Gasteiger partial charge is 0.345 e. The summed E-state index contributed by atoms with van der Waals surface area (Å²) in [5.74, 6) is -10.9.